The monoisotopic (exact) mass is 475 g/mol. The second-order valence-electron chi connectivity index (χ2n) is 8.99. The molecule has 178 valence electrons. The number of carbonyl (C=O) groups is 2. The number of nitrogens with zero attached hydrogens (tertiary/aromatic N) is 2. The molecular formula is C24H21F4N3O3. The summed E-state index contributed by atoms with van der Waals surface area (Å²) in [4.78, 5) is 27.6. The number of hydrogen-bond acceptors (Lipinski definition) is 4. The van der Waals surface area contributed by atoms with E-state index in [4.69, 9.17) is 0 Å². The number of benzene rings is 2. The van der Waals surface area contributed by atoms with E-state index in [2.05, 4.69) is 5.32 Å². The number of nitrogens with one attached hydrogen (secondary N) is 1. The summed E-state index contributed by atoms with van der Waals surface area (Å²) < 4.78 is 53.9. The van der Waals surface area contributed by atoms with Gasteiger partial charge in [-0.1, -0.05) is 29.8 Å². The molecule has 10 heteroatoms. The van der Waals surface area contributed by atoms with Gasteiger partial charge < -0.3 is 15.3 Å². The van der Waals surface area contributed by atoms with Crippen LogP contribution in [0.25, 0.3) is 0 Å². The Kier molecular flexibility index (Phi) is 5.44. The van der Waals surface area contributed by atoms with Gasteiger partial charge in [-0.3, -0.25) is 9.59 Å². The van der Waals surface area contributed by atoms with E-state index in [1.165, 1.54) is 4.90 Å². The Hall–Kier alpha value is -3.45. The van der Waals surface area contributed by atoms with Gasteiger partial charge in [0.15, 0.2) is 5.60 Å². The summed E-state index contributed by atoms with van der Waals surface area (Å²) in [6.07, 6.45) is -4.26. The minimum atomic E-state index is -5.03. The summed E-state index contributed by atoms with van der Waals surface area (Å²) in [6.45, 7) is 2.46. The summed E-state index contributed by atoms with van der Waals surface area (Å²) in [5, 5.41) is 21.6. The average Bonchev–Trinajstić information content (AvgIpc) is 3.47. The molecule has 2 amide bonds. The molecule has 2 N–H and O–H groups in total. The van der Waals surface area contributed by atoms with Crippen molar-refractivity contribution in [1.82, 2.24) is 4.90 Å². The smallest absolute Gasteiger partial charge is 0.376 e. The Labute approximate surface area is 192 Å². The Bertz CT molecular complexity index is 1230. The number of alkyl halides is 3. The van der Waals surface area contributed by atoms with Gasteiger partial charge in [0.25, 0.3) is 5.91 Å². The second-order valence-corrected chi connectivity index (χ2v) is 8.99. The van der Waals surface area contributed by atoms with Gasteiger partial charge in [-0.25, -0.2) is 4.39 Å². The molecule has 0 aromatic heterocycles. The maximum atomic E-state index is 14.7. The Morgan fingerprint density at radius 1 is 1.21 bits per heavy atom. The molecule has 2 aromatic carbocycles. The van der Waals surface area contributed by atoms with Crippen LogP contribution in [-0.2, 0) is 21.7 Å². The summed E-state index contributed by atoms with van der Waals surface area (Å²) in [7, 11) is 0. The lowest BCUT2D eigenvalue weighted by Gasteiger charge is -2.28. The Morgan fingerprint density at radius 2 is 1.88 bits per heavy atom. The molecule has 1 saturated carbocycles. The van der Waals surface area contributed by atoms with E-state index in [9.17, 15) is 37.5 Å². The number of nitriles is 1. The molecule has 6 nitrogen and oxygen atoms in total. The first kappa shape index (κ1) is 23.7. The largest absolute Gasteiger partial charge is 0.421 e. The van der Waals surface area contributed by atoms with Crippen molar-refractivity contribution >= 4 is 17.5 Å². The van der Waals surface area contributed by atoms with Gasteiger partial charge in [0.2, 0.25) is 5.91 Å². The van der Waals surface area contributed by atoms with Gasteiger partial charge in [-0.2, -0.15) is 18.4 Å². The lowest BCUT2D eigenvalue weighted by atomic mass is 9.95. The van der Waals surface area contributed by atoms with Crippen LogP contribution in [0.2, 0.25) is 0 Å². The van der Waals surface area contributed by atoms with E-state index in [1.54, 1.807) is 12.1 Å². The molecule has 1 heterocycles. The molecule has 0 bridgehead atoms. The lowest BCUT2D eigenvalue weighted by Crippen LogP contribution is -2.40. The fraction of sp³-hybridized carbons (Fsp3) is 0.375. The van der Waals surface area contributed by atoms with Crippen LogP contribution < -0.4 is 5.32 Å². The van der Waals surface area contributed by atoms with E-state index in [-0.39, 0.29) is 6.54 Å². The third-order valence-corrected chi connectivity index (χ3v) is 6.47. The molecule has 4 rings (SSSR count). The van der Waals surface area contributed by atoms with Gasteiger partial charge in [-0.05, 0) is 55.5 Å². The summed E-state index contributed by atoms with van der Waals surface area (Å²) in [6, 6.07) is 8.47. The maximum Gasteiger partial charge on any atom is 0.421 e. The highest BCUT2D eigenvalue weighted by Crippen LogP contribution is 2.49. The molecular weight excluding hydrogens is 454 g/mol. The van der Waals surface area contributed by atoms with Gasteiger partial charge in [-0.15, -0.1) is 0 Å². The molecule has 2 atom stereocenters. The van der Waals surface area contributed by atoms with Gasteiger partial charge in [0.1, 0.15) is 17.3 Å². The number of aryl methyl sites for hydroxylation is 1. The lowest BCUT2D eigenvalue weighted by molar-refractivity contribution is -0.258. The zero-order valence-corrected chi connectivity index (χ0v) is 18.3. The van der Waals surface area contributed by atoms with Gasteiger partial charge in [0.05, 0.1) is 11.8 Å². The van der Waals surface area contributed by atoms with Crippen molar-refractivity contribution in [3.8, 4) is 6.07 Å². The fourth-order valence-corrected chi connectivity index (χ4v) is 4.11. The highest BCUT2D eigenvalue weighted by molar-refractivity contribution is 6.00. The van der Waals surface area contributed by atoms with Crippen molar-refractivity contribution in [2.24, 2.45) is 5.41 Å². The van der Waals surface area contributed by atoms with Crippen molar-refractivity contribution in [3.63, 3.8) is 0 Å². The quantitative estimate of drug-likeness (QED) is 0.648. The molecule has 1 aliphatic carbocycles. The molecule has 0 saturated heterocycles. The van der Waals surface area contributed by atoms with Crippen molar-refractivity contribution in [1.29, 1.82) is 5.26 Å². The minimum absolute atomic E-state index is 0.104. The van der Waals surface area contributed by atoms with Crippen LogP contribution in [-0.4, -0.2) is 28.0 Å². The van der Waals surface area contributed by atoms with Gasteiger partial charge >= 0.3 is 6.18 Å². The van der Waals surface area contributed by atoms with E-state index < -0.39 is 52.1 Å². The van der Waals surface area contributed by atoms with Crippen LogP contribution in [0.15, 0.2) is 36.4 Å². The topological polar surface area (TPSA) is 93.4 Å². The van der Waals surface area contributed by atoms with E-state index in [1.807, 2.05) is 19.1 Å². The first-order chi connectivity index (χ1) is 15.8. The van der Waals surface area contributed by atoms with Crippen LogP contribution in [0.1, 0.15) is 48.1 Å². The molecule has 34 heavy (non-hydrogen) atoms. The van der Waals surface area contributed by atoms with Crippen molar-refractivity contribution in [3.05, 3.63) is 64.5 Å². The number of halogens is 4. The second kappa shape index (κ2) is 7.81. The minimum Gasteiger partial charge on any atom is -0.376 e. The standard InChI is InChI=1S/C24H21F4N3O3/c1-13-3-5-16-14(9-13)11-31(21(33)23(12-29)7-8-23)19(16)20(32)30-18-6-4-15(10-17(18)25)22(2,34)24(26,27)28/h3-6,9-10,19,34H,7-8,11H2,1-2H3,(H,30,32). The Morgan fingerprint density at radius 3 is 2.44 bits per heavy atom. The summed E-state index contributed by atoms with van der Waals surface area (Å²) in [5.41, 5.74) is -3.42. The first-order valence-corrected chi connectivity index (χ1v) is 10.5. The van der Waals surface area contributed by atoms with E-state index in [0.29, 0.717) is 31.4 Å². The molecule has 1 fully saturated rings. The zero-order valence-electron chi connectivity index (χ0n) is 18.3. The molecule has 1 aliphatic heterocycles. The van der Waals surface area contributed by atoms with Crippen LogP contribution in [0.4, 0.5) is 23.2 Å². The number of hydrogen-bond donors (Lipinski definition) is 2. The third-order valence-electron chi connectivity index (χ3n) is 6.47. The summed E-state index contributed by atoms with van der Waals surface area (Å²) >= 11 is 0. The zero-order chi connectivity index (χ0) is 25.1. The van der Waals surface area contributed by atoms with Crippen LogP contribution >= 0.6 is 0 Å². The third kappa shape index (κ3) is 3.80. The summed E-state index contributed by atoms with van der Waals surface area (Å²) in [5.74, 6) is -2.42. The molecule has 2 aliphatic rings. The molecule has 2 unspecified atom stereocenters. The van der Waals surface area contributed by atoms with Crippen LogP contribution in [0.3, 0.4) is 0 Å². The number of carbonyl (C=O) groups excluding carboxylic acids is 2. The number of rotatable bonds is 4. The molecule has 2 aromatic rings. The Balaban J connectivity index is 1.64. The van der Waals surface area contributed by atoms with Crippen molar-refractivity contribution in [2.75, 3.05) is 5.32 Å². The predicted molar refractivity (Wildman–Crippen MR) is 112 cm³/mol. The van der Waals surface area contributed by atoms with Crippen LogP contribution in [0, 0.1) is 29.5 Å². The van der Waals surface area contributed by atoms with Crippen molar-refractivity contribution in [2.45, 2.75) is 51.1 Å². The number of fused-ring (bicyclic) bond motifs is 1. The SMILES string of the molecule is Cc1ccc2c(c1)CN(C(=O)C1(C#N)CC1)C2C(=O)Nc1ccc(C(C)(O)C(F)(F)F)cc1F. The number of aliphatic hydroxyl groups is 1. The van der Waals surface area contributed by atoms with Gasteiger partial charge in [0, 0.05) is 6.54 Å². The molecule has 0 spiro atoms. The number of anilines is 1. The fourth-order valence-electron chi connectivity index (χ4n) is 4.11. The average molecular weight is 475 g/mol. The normalized spacial score (nSPS) is 20.2. The van der Waals surface area contributed by atoms with E-state index >= 15 is 0 Å². The highest BCUT2D eigenvalue weighted by atomic mass is 19.4. The first-order valence-electron chi connectivity index (χ1n) is 10.5. The van der Waals surface area contributed by atoms with Crippen LogP contribution in [0.5, 0.6) is 0 Å². The van der Waals surface area contributed by atoms with Crippen molar-refractivity contribution < 1.29 is 32.3 Å². The predicted octanol–water partition coefficient (Wildman–Crippen LogP) is 4.23. The molecule has 0 radical (unpaired) electrons. The highest BCUT2D eigenvalue weighted by Gasteiger charge is 2.56. The number of amides is 2. The van der Waals surface area contributed by atoms with E-state index in [0.717, 1.165) is 23.3 Å². The maximum absolute atomic E-state index is 14.7.